The van der Waals surface area contributed by atoms with Gasteiger partial charge in [-0.1, -0.05) is 12.1 Å². The summed E-state index contributed by atoms with van der Waals surface area (Å²) in [6.07, 6.45) is 0.925. The standard InChI is InChI=1S/C13H18ClNO2S2/c1-10-3-4-11(8-14)7-13(10)19(16,17)15(2)12-5-6-18-9-12/h3-4,7,12H,5-6,8-9H2,1-2H3. The highest BCUT2D eigenvalue weighted by atomic mass is 35.5. The summed E-state index contributed by atoms with van der Waals surface area (Å²) < 4.78 is 26.9. The molecule has 2 rings (SSSR count). The van der Waals surface area contributed by atoms with Crippen LogP contribution in [-0.4, -0.2) is 37.3 Å². The second-order valence-corrected chi connectivity index (χ2v) is 8.16. The number of alkyl halides is 1. The van der Waals surface area contributed by atoms with Crippen LogP contribution in [0, 0.1) is 6.92 Å². The summed E-state index contributed by atoms with van der Waals surface area (Å²) in [7, 11) is -1.75. The summed E-state index contributed by atoms with van der Waals surface area (Å²) in [5.74, 6) is 2.24. The number of benzene rings is 1. The molecule has 0 radical (unpaired) electrons. The van der Waals surface area contributed by atoms with Gasteiger partial charge < -0.3 is 0 Å². The van der Waals surface area contributed by atoms with E-state index in [4.69, 9.17) is 11.6 Å². The second-order valence-electron chi connectivity index (χ2n) is 4.77. The SMILES string of the molecule is Cc1ccc(CCl)cc1S(=O)(=O)N(C)C1CCSC1. The van der Waals surface area contributed by atoms with Crippen molar-refractivity contribution < 1.29 is 8.42 Å². The fourth-order valence-corrected chi connectivity index (χ4v) is 5.35. The van der Waals surface area contributed by atoms with E-state index in [1.807, 2.05) is 19.1 Å². The minimum Gasteiger partial charge on any atom is -0.207 e. The van der Waals surface area contributed by atoms with E-state index >= 15 is 0 Å². The minimum atomic E-state index is -3.42. The minimum absolute atomic E-state index is 0.106. The molecule has 1 aromatic rings. The van der Waals surface area contributed by atoms with Crippen LogP contribution in [0.2, 0.25) is 0 Å². The first kappa shape index (κ1) is 15.2. The number of rotatable bonds is 4. The lowest BCUT2D eigenvalue weighted by Crippen LogP contribution is -2.37. The predicted molar refractivity (Wildman–Crippen MR) is 81.4 cm³/mol. The first-order valence-electron chi connectivity index (χ1n) is 6.18. The molecule has 1 atom stereocenters. The lowest BCUT2D eigenvalue weighted by molar-refractivity contribution is 0.394. The number of thioether (sulfide) groups is 1. The van der Waals surface area contributed by atoms with Crippen molar-refractivity contribution >= 4 is 33.4 Å². The smallest absolute Gasteiger partial charge is 0.207 e. The summed E-state index contributed by atoms with van der Waals surface area (Å²) in [4.78, 5) is 0.380. The Bertz CT molecular complexity index is 554. The maximum Gasteiger partial charge on any atom is 0.243 e. The molecule has 0 saturated carbocycles. The summed E-state index contributed by atoms with van der Waals surface area (Å²) in [5.41, 5.74) is 1.60. The largest absolute Gasteiger partial charge is 0.243 e. The number of aryl methyl sites for hydroxylation is 1. The van der Waals surface area contributed by atoms with Gasteiger partial charge in [0.2, 0.25) is 10.0 Å². The first-order valence-corrected chi connectivity index (χ1v) is 9.31. The van der Waals surface area contributed by atoms with Gasteiger partial charge in [0, 0.05) is 24.7 Å². The van der Waals surface area contributed by atoms with Gasteiger partial charge >= 0.3 is 0 Å². The highest BCUT2D eigenvalue weighted by Gasteiger charge is 2.31. The molecule has 1 fully saturated rings. The Morgan fingerprint density at radius 2 is 2.21 bits per heavy atom. The van der Waals surface area contributed by atoms with E-state index in [0.29, 0.717) is 10.8 Å². The van der Waals surface area contributed by atoms with E-state index in [2.05, 4.69) is 0 Å². The molecule has 1 aromatic carbocycles. The maximum atomic E-state index is 12.7. The van der Waals surface area contributed by atoms with Crippen molar-refractivity contribution in [2.45, 2.75) is 30.2 Å². The van der Waals surface area contributed by atoms with Crippen molar-refractivity contribution in [2.75, 3.05) is 18.6 Å². The molecule has 0 aliphatic carbocycles. The second kappa shape index (κ2) is 6.04. The number of hydrogen-bond acceptors (Lipinski definition) is 3. The molecule has 3 nitrogen and oxygen atoms in total. The van der Waals surface area contributed by atoms with Gasteiger partial charge in [-0.15, -0.1) is 11.6 Å². The van der Waals surface area contributed by atoms with Crippen LogP contribution in [0.4, 0.5) is 0 Å². The van der Waals surface area contributed by atoms with E-state index < -0.39 is 10.0 Å². The van der Waals surface area contributed by atoms with Crippen molar-refractivity contribution in [2.24, 2.45) is 0 Å². The van der Waals surface area contributed by atoms with Gasteiger partial charge in [0.15, 0.2) is 0 Å². The zero-order chi connectivity index (χ0) is 14.0. The van der Waals surface area contributed by atoms with Gasteiger partial charge in [0.05, 0.1) is 4.90 Å². The van der Waals surface area contributed by atoms with Gasteiger partial charge in [0.25, 0.3) is 0 Å². The van der Waals surface area contributed by atoms with Crippen LogP contribution in [0.15, 0.2) is 23.1 Å². The van der Waals surface area contributed by atoms with Crippen molar-refractivity contribution in [3.63, 3.8) is 0 Å². The molecule has 1 unspecified atom stereocenters. The molecule has 0 amide bonds. The third-order valence-corrected chi connectivity index (χ3v) is 6.99. The Kier molecular flexibility index (Phi) is 4.82. The molecule has 0 bridgehead atoms. The van der Waals surface area contributed by atoms with Gasteiger partial charge in [-0.3, -0.25) is 0 Å². The summed E-state index contributed by atoms with van der Waals surface area (Å²) in [6, 6.07) is 5.49. The third kappa shape index (κ3) is 3.10. The molecule has 0 spiro atoms. The number of halogens is 1. The van der Waals surface area contributed by atoms with E-state index in [-0.39, 0.29) is 6.04 Å². The lowest BCUT2D eigenvalue weighted by Gasteiger charge is -2.24. The van der Waals surface area contributed by atoms with Crippen molar-refractivity contribution in [3.8, 4) is 0 Å². The van der Waals surface area contributed by atoms with Crippen LogP contribution >= 0.6 is 23.4 Å². The zero-order valence-electron chi connectivity index (χ0n) is 11.1. The molecule has 1 heterocycles. The topological polar surface area (TPSA) is 37.4 Å². The molecule has 1 saturated heterocycles. The fraction of sp³-hybridized carbons (Fsp3) is 0.538. The molecule has 19 heavy (non-hydrogen) atoms. The van der Waals surface area contributed by atoms with Crippen LogP contribution in [0.5, 0.6) is 0 Å². The van der Waals surface area contributed by atoms with Gasteiger partial charge in [-0.25, -0.2) is 8.42 Å². The van der Waals surface area contributed by atoms with Crippen LogP contribution in [0.1, 0.15) is 17.5 Å². The van der Waals surface area contributed by atoms with E-state index in [0.717, 1.165) is 29.1 Å². The normalized spacial score (nSPS) is 20.1. The molecule has 0 aromatic heterocycles. The average molecular weight is 320 g/mol. The summed E-state index contributed by atoms with van der Waals surface area (Å²) >= 11 is 7.60. The van der Waals surface area contributed by atoms with Gasteiger partial charge in [-0.05, 0) is 36.3 Å². The summed E-state index contributed by atoms with van der Waals surface area (Å²) in [5, 5.41) is 0. The third-order valence-electron chi connectivity index (χ3n) is 3.48. The Labute approximate surface area is 124 Å². The molecular weight excluding hydrogens is 302 g/mol. The lowest BCUT2D eigenvalue weighted by atomic mass is 10.2. The van der Waals surface area contributed by atoms with Gasteiger partial charge in [-0.2, -0.15) is 16.1 Å². The summed E-state index contributed by atoms with van der Waals surface area (Å²) in [6.45, 7) is 1.82. The average Bonchev–Trinajstić information content (AvgIpc) is 2.92. The highest BCUT2D eigenvalue weighted by Crippen LogP contribution is 2.28. The highest BCUT2D eigenvalue weighted by molar-refractivity contribution is 7.99. The Hall–Kier alpha value is -0.230. The van der Waals surface area contributed by atoms with Crippen molar-refractivity contribution in [3.05, 3.63) is 29.3 Å². The number of nitrogens with zero attached hydrogens (tertiary/aromatic N) is 1. The van der Waals surface area contributed by atoms with E-state index in [1.165, 1.54) is 4.31 Å². The Morgan fingerprint density at radius 3 is 2.79 bits per heavy atom. The molecule has 1 aliphatic heterocycles. The Balaban J connectivity index is 2.38. The quantitative estimate of drug-likeness (QED) is 0.801. The molecule has 0 N–H and O–H groups in total. The van der Waals surface area contributed by atoms with Gasteiger partial charge in [0.1, 0.15) is 0 Å². The Morgan fingerprint density at radius 1 is 1.47 bits per heavy atom. The van der Waals surface area contributed by atoms with Crippen LogP contribution in [0.25, 0.3) is 0 Å². The maximum absolute atomic E-state index is 12.7. The predicted octanol–water partition coefficient (Wildman–Crippen LogP) is 2.86. The molecule has 106 valence electrons. The van der Waals surface area contributed by atoms with Crippen LogP contribution in [-0.2, 0) is 15.9 Å². The fourth-order valence-electron chi connectivity index (χ4n) is 2.17. The van der Waals surface area contributed by atoms with E-state index in [9.17, 15) is 8.42 Å². The monoisotopic (exact) mass is 319 g/mol. The first-order chi connectivity index (χ1) is 8.96. The molecule has 6 heteroatoms. The number of hydrogen-bond donors (Lipinski definition) is 0. The van der Waals surface area contributed by atoms with Crippen molar-refractivity contribution in [1.82, 2.24) is 4.31 Å². The molecular formula is C13H18ClNO2S2. The zero-order valence-corrected chi connectivity index (χ0v) is 13.5. The van der Waals surface area contributed by atoms with Crippen LogP contribution in [0.3, 0.4) is 0 Å². The van der Waals surface area contributed by atoms with Crippen LogP contribution < -0.4 is 0 Å². The van der Waals surface area contributed by atoms with Crippen molar-refractivity contribution in [1.29, 1.82) is 0 Å². The number of sulfonamides is 1. The molecule has 1 aliphatic rings. The van der Waals surface area contributed by atoms with E-state index in [1.54, 1.807) is 24.9 Å².